The molecule has 0 bridgehead atoms. The van der Waals surface area contributed by atoms with Gasteiger partial charge in [0.25, 0.3) is 0 Å². The van der Waals surface area contributed by atoms with Gasteiger partial charge in [-0.15, -0.1) is 0 Å². The highest BCUT2D eigenvalue weighted by Crippen LogP contribution is 2.40. The molecule has 0 saturated carbocycles. The van der Waals surface area contributed by atoms with Crippen molar-refractivity contribution < 1.29 is 8.83 Å². The minimum Gasteiger partial charge on any atom is -0.456 e. The minimum absolute atomic E-state index is 0.843. The van der Waals surface area contributed by atoms with E-state index in [-0.39, 0.29) is 0 Å². The topological polar surface area (TPSA) is 44.1 Å². The molecule has 0 fully saturated rings. The monoisotopic (exact) mass is 652 g/mol. The molecule has 0 spiro atoms. The van der Waals surface area contributed by atoms with Gasteiger partial charge in [-0.1, -0.05) is 109 Å². The quantitative estimate of drug-likeness (QED) is 0.190. The Bertz CT molecular complexity index is 3140. The van der Waals surface area contributed by atoms with E-state index in [1.807, 2.05) is 24.3 Å². The van der Waals surface area contributed by atoms with E-state index < -0.39 is 0 Å². The average molecular weight is 653 g/mol. The summed E-state index contributed by atoms with van der Waals surface area (Å²) in [6.45, 7) is 0. The van der Waals surface area contributed by atoms with Crippen LogP contribution in [0.5, 0.6) is 0 Å². The van der Waals surface area contributed by atoms with E-state index in [1.54, 1.807) is 0 Å². The second-order valence-corrected chi connectivity index (χ2v) is 13.2. The van der Waals surface area contributed by atoms with Gasteiger partial charge in [0, 0.05) is 37.9 Å². The Morgan fingerprint density at radius 1 is 0.333 bits per heavy atom. The first kappa shape index (κ1) is 28.0. The number of furan rings is 2. The number of hydrogen-bond acceptors (Lipinski definition) is 3. The molecular weight excluding hydrogens is 625 g/mol. The van der Waals surface area contributed by atoms with Gasteiger partial charge in [-0.05, 0) is 82.9 Å². The van der Waals surface area contributed by atoms with Crippen LogP contribution in [0.2, 0.25) is 0 Å². The molecule has 4 nitrogen and oxygen atoms in total. The van der Waals surface area contributed by atoms with Crippen LogP contribution in [-0.4, -0.2) is 9.55 Å². The molecule has 51 heavy (non-hydrogen) atoms. The van der Waals surface area contributed by atoms with Crippen LogP contribution < -0.4 is 0 Å². The summed E-state index contributed by atoms with van der Waals surface area (Å²) in [4.78, 5) is 5.44. The van der Waals surface area contributed by atoms with Crippen molar-refractivity contribution in [3.05, 3.63) is 170 Å². The van der Waals surface area contributed by atoms with E-state index in [4.69, 9.17) is 13.8 Å². The molecule has 0 aliphatic carbocycles. The lowest BCUT2D eigenvalue weighted by atomic mass is 9.98. The number of rotatable bonds is 4. The first-order valence-electron chi connectivity index (χ1n) is 17.2. The molecule has 0 saturated heterocycles. The van der Waals surface area contributed by atoms with Gasteiger partial charge in [-0.2, -0.15) is 0 Å². The average Bonchev–Trinajstić information content (AvgIpc) is 3.86. The van der Waals surface area contributed by atoms with Crippen LogP contribution in [-0.2, 0) is 0 Å². The van der Waals surface area contributed by atoms with Crippen LogP contribution >= 0.6 is 0 Å². The van der Waals surface area contributed by atoms with Gasteiger partial charge < -0.3 is 8.83 Å². The van der Waals surface area contributed by atoms with E-state index in [1.165, 1.54) is 11.1 Å². The lowest BCUT2D eigenvalue weighted by Crippen LogP contribution is -2.00. The highest BCUT2D eigenvalue weighted by Gasteiger charge is 2.19. The van der Waals surface area contributed by atoms with Gasteiger partial charge >= 0.3 is 0 Å². The Hall–Kier alpha value is -6.91. The summed E-state index contributed by atoms with van der Waals surface area (Å²) in [5.74, 6) is 0.843. The lowest BCUT2D eigenvalue weighted by Gasteiger charge is -2.14. The lowest BCUT2D eigenvalue weighted by molar-refractivity contribution is 0.669. The van der Waals surface area contributed by atoms with Crippen LogP contribution in [0.4, 0.5) is 0 Å². The SMILES string of the molecule is c1ccc(-c2cccc(-c3cc(-c4ccc5c(c4)oc4ccccc45)nc(-n4c5ccccc5c5cc6oc7ccccc7c6cc54)c3)c2)cc1. The molecule has 0 atom stereocenters. The number of pyridine rings is 1. The Kier molecular flexibility index (Phi) is 5.92. The van der Waals surface area contributed by atoms with Crippen LogP contribution in [0.1, 0.15) is 0 Å². The molecule has 7 aromatic carbocycles. The summed E-state index contributed by atoms with van der Waals surface area (Å²) >= 11 is 0. The normalized spacial score (nSPS) is 11.9. The molecule has 4 aromatic heterocycles. The fourth-order valence-electron chi connectivity index (χ4n) is 7.77. The van der Waals surface area contributed by atoms with E-state index in [0.29, 0.717) is 0 Å². The maximum atomic E-state index is 6.35. The molecule has 0 radical (unpaired) electrons. The summed E-state index contributed by atoms with van der Waals surface area (Å²) in [7, 11) is 0. The van der Waals surface area contributed by atoms with E-state index in [2.05, 4.69) is 150 Å². The molecule has 238 valence electrons. The van der Waals surface area contributed by atoms with E-state index in [0.717, 1.165) is 93.9 Å². The Morgan fingerprint density at radius 3 is 1.76 bits per heavy atom. The molecule has 11 aromatic rings. The van der Waals surface area contributed by atoms with E-state index in [9.17, 15) is 0 Å². The molecule has 0 aliphatic heterocycles. The number of benzene rings is 7. The number of nitrogens with zero attached hydrogens (tertiary/aromatic N) is 2. The fraction of sp³-hybridized carbons (Fsp3) is 0. The first-order valence-corrected chi connectivity index (χ1v) is 17.2. The molecule has 0 N–H and O–H groups in total. The zero-order valence-corrected chi connectivity index (χ0v) is 27.4. The molecule has 4 heterocycles. The molecular formula is C47H28N2O2. The van der Waals surface area contributed by atoms with Gasteiger partial charge in [0.1, 0.15) is 28.1 Å². The molecule has 0 unspecified atom stereocenters. The van der Waals surface area contributed by atoms with Gasteiger partial charge in [-0.25, -0.2) is 4.98 Å². The van der Waals surface area contributed by atoms with Gasteiger partial charge in [0.15, 0.2) is 0 Å². The summed E-state index contributed by atoms with van der Waals surface area (Å²) in [5.41, 5.74) is 12.1. The van der Waals surface area contributed by atoms with Crippen molar-refractivity contribution in [2.45, 2.75) is 0 Å². The Labute approximate surface area is 292 Å². The van der Waals surface area contributed by atoms with Crippen molar-refractivity contribution in [2.24, 2.45) is 0 Å². The van der Waals surface area contributed by atoms with Crippen molar-refractivity contribution in [3.63, 3.8) is 0 Å². The standard InChI is InChI=1S/C47H28N2O2/c1-2-11-29(12-3-1)30-13-10-14-31(23-30)33-24-40(32-21-22-37-35-16-5-8-19-43(35)50-45(37)25-32)48-47(26-33)49-41-18-7-4-15-34(41)38-28-46-39(27-42(38)49)36-17-6-9-20-44(36)51-46/h1-28H. The van der Waals surface area contributed by atoms with Crippen LogP contribution in [0.3, 0.4) is 0 Å². The molecule has 4 heteroatoms. The summed E-state index contributed by atoms with van der Waals surface area (Å²) in [5, 5.41) is 6.68. The first-order chi connectivity index (χ1) is 25.2. The predicted octanol–water partition coefficient (Wildman–Crippen LogP) is 13.0. The number of para-hydroxylation sites is 3. The summed E-state index contributed by atoms with van der Waals surface area (Å²) in [6.07, 6.45) is 0. The highest BCUT2D eigenvalue weighted by atomic mass is 16.3. The Morgan fingerprint density at radius 2 is 0.961 bits per heavy atom. The predicted molar refractivity (Wildman–Crippen MR) is 209 cm³/mol. The summed E-state index contributed by atoms with van der Waals surface area (Å²) < 4.78 is 15.0. The van der Waals surface area contributed by atoms with Crippen molar-refractivity contribution in [3.8, 4) is 39.3 Å². The third-order valence-electron chi connectivity index (χ3n) is 10.2. The molecule has 0 aliphatic rings. The van der Waals surface area contributed by atoms with Gasteiger partial charge in [-0.3, -0.25) is 4.57 Å². The van der Waals surface area contributed by atoms with Crippen molar-refractivity contribution in [2.75, 3.05) is 0 Å². The summed E-state index contributed by atoms with van der Waals surface area (Å²) in [6, 6.07) is 59.6. The fourth-order valence-corrected chi connectivity index (χ4v) is 7.77. The number of hydrogen-bond donors (Lipinski definition) is 0. The van der Waals surface area contributed by atoms with Crippen LogP contribution in [0, 0.1) is 0 Å². The van der Waals surface area contributed by atoms with Crippen LogP contribution in [0.25, 0.3) is 105 Å². The van der Waals surface area contributed by atoms with Gasteiger partial charge in [0.05, 0.1) is 16.7 Å². The molecule has 11 rings (SSSR count). The highest BCUT2D eigenvalue weighted by molar-refractivity contribution is 6.17. The van der Waals surface area contributed by atoms with Gasteiger partial charge in [0.2, 0.25) is 0 Å². The third-order valence-corrected chi connectivity index (χ3v) is 10.2. The molecule has 0 amide bonds. The second kappa shape index (κ2) is 10.8. The smallest absolute Gasteiger partial charge is 0.138 e. The maximum Gasteiger partial charge on any atom is 0.138 e. The maximum absolute atomic E-state index is 6.35. The van der Waals surface area contributed by atoms with E-state index >= 15 is 0 Å². The number of fused-ring (bicyclic) bond motifs is 9. The number of aromatic nitrogens is 2. The Balaban J connectivity index is 1.19. The third kappa shape index (κ3) is 4.37. The van der Waals surface area contributed by atoms with Crippen molar-refractivity contribution >= 4 is 65.7 Å². The van der Waals surface area contributed by atoms with Crippen LogP contribution in [0.15, 0.2) is 179 Å². The van der Waals surface area contributed by atoms with Crippen molar-refractivity contribution in [1.29, 1.82) is 0 Å². The zero-order chi connectivity index (χ0) is 33.5. The van der Waals surface area contributed by atoms with Crippen molar-refractivity contribution in [1.82, 2.24) is 9.55 Å². The minimum atomic E-state index is 0.843. The zero-order valence-electron chi connectivity index (χ0n) is 27.4. The second-order valence-electron chi connectivity index (χ2n) is 13.2. The largest absolute Gasteiger partial charge is 0.456 e.